The Hall–Kier alpha value is -2.98. The van der Waals surface area contributed by atoms with Gasteiger partial charge in [-0.2, -0.15) is 0 Å². The lowest BCUT2D eigenvalue weighted by Gasteiger charge is -2.45. The molecule has 0 N–H and O–H groups in total. The molecule has 0 aliphatic carbocycles. The van der Waals surface area contributed by atoms with Crippen molar-refractivity contribution in [3.8, 4) is 17.2 Å². The van der Waals surface area contributed by atoms with Crippen molar-refractivity contribution >= 4 is 0 Å². The van der Waals surface area contributed by atoms with E-state index >= 15 is 0 Å². The van der Waals surface area contributed by atoms with Crippen LogP contribution in [0.25, 0.3) is 0 Å². The highest BCUT2D eigenvalue weighted by Gasteiger charge is 2.46. The normalized spacial score (nSPS) is 17.9. The quantitative estimate of drug-likeness (QED) is 0.540. The Morgan fingerprint density at radius 3 is 1.53 bits per heavy atom. The van der Waals surface area contributed by atoms with E-state index in [-0.39, 0.29) is 5.92 Å². The number of rotatable bonds is 6. The second-order valence-electron chi connectivity index (χ2n) is 7.51. The van der Waals surface area contributed by atoms with E-state index in [9.17, 15) is 0 Å². The summed E-state index contributed by atoms with van der Waals surface area (Å²) in [6, 6.07) is 24.8. The van der Waals surface area contributed by atoms with E-state index in [0.717, 1.165) is 41.2 Å². The van der Waals surface area contributed by atoms with Crippen LogP contribution in [0.15, 0.2) is 72.8 Å². The molecule has 0 amide bonds. The largest absolute Gasteiger partial charge is 0.497 e. The minimum absolute atomic E-state index is 0.166. The monoisotopic (exact) mass is 404 g/mol. The van der Waals surface area contributed by atoms with Gasteiger partial charge in [-0.3, -0.25) is 0 Å². The predicted octanol–water partition coefficient (Wildman–Crippen LogP) is 5.55. The fourth-order valence-electron chi connectivity index (χ4n) is 4.48. The van der Waals surface area contributed by atoms with Gasteiger partial charge in [-0.1, -0.05) is 36.4 Å². The summed E-state index contributed by atoms with van der Waals surface area (Å²) in [7, 11) is 5.06. The third-order valence-corrected chi connectivity index (χ3v) is 6.01. The summed E-state index contributed by atoms with van der Waals surface area (Å²) in [5.74, 6) is 2.69. The van der Waals surface area contributed by atoms with Crippen LogP contribution in [0.1, 0.15) is 35.4 Å². The van der Waals surface area contributed by atoms with Crippen molar-refractivity contribution in [1.29, 1.82) is 0 Å². The molecule has 0 bridgehead atoms. The van der Waals surface area contributed by atoms with Crippen LogP contribution in [0.3, 0.4) is 0 Å². The predicted molar refractivity (Wildman–Crippen MR) is 118 cm³/mol. The first-order chi connectivity index (χ1) is 14.7. The molecule has 4 rings (SSSR count). The zero-order chi connectivity index (χ0) is 21.0. The van der Waals surface area contributed by atoms with E-state index in [4.69, 9.17) is 18.9 Å². The molecule has 1 atom stereocenters. The summed E-state index contributed by atoms with van der Waals surface area (Å²) in [5.41, 5.74) is 2.89. The van der Waals surface area contributed by atoms with Gasteiger partial charge in [0.05, 0.1) is 21.3 Å². The SMILES string of the molecule is COc1ccc([C@H]2CCCOC2(c2ccc(OC)cc2)c2ccc(OC)cc2)cc1. The lowest BCUT2D eigenvalue weighted by molar-refractivity contribution is -0.0705. The molecule has 0 aromatic heterocycles. The highest BCUT2D eigenvalue weighted by Crippen LogP contribution is 2.51. The molecule has 3 aromatic carbocycles. The summed E-state index contributed by atoms with van der Waals surface area (Å²) in [6.45, 7) is 0.713. The first kappa shape index (κ1) is 20.3. The molecule has 3 aromatic rings. The fraction of sp³-hybridized carbons (Fsp3) is 0.308. The number of hydrogen-bond donors (Lipinski definition) is 0. The van der Waals surface area contributed by atoms with E-state index in [1.54, 1.807) is 21.3 Å². The molecule has 1 heterocycles. The molecule has 0 unspecified atom stereocenters. The van der Waals surface area contributed by atoms with Gasteiger partial charge in [0.1, 0.15) is 22.8 Å². The zero-order valence-corrected chi connectivity index (χ0v) is 17.8. The average molecular weight is 405 g/mol. The summed E-state index contributed by atoms with van der Waals surface area (Å²) < 4.78 is 22.8. The van der Waals surface area contributed by atoms with E-state index in [0.29, 0.717) is 6.61 Å². The number of benzene rings is 3. The molecule has 4 heteroatoms. The summed E-state index contributed by atoms with van der Waals surface area (Å²) in [6.07, 6.45) is 2.05. The average Bonchev–Trinajstić information content (AvgIpc) is 2.84. The molecule has 156 valence electrons. The van der Waals surface area contributed by atoms with Gasteiger partial charge in [0.25, 0.3) is 0 Å². The van der Waals surface area contributed by atoms with Crippen molar-refractivity contribution in [1.82, 2.24) is 0 Å². The highest BCUT2D eigenvalue weighted by atomic mass is 16.5. The maximum atomic E-state index is 6.70. The van der Waals surface area contributed by atoms with E-state index in [2.05, 4.69) is 36.4 Å². The second-order valence-corrected chi connectivity index (χ2v) is 7.51. The van der Waals surface area contributed by atoms with Crippen LogP contribution in [0.4, 0.5) is 0 Å². The first-order valence-corrected chi connectivity index (χ1v) is 10.3. The van der Waals surface area contributed by atoms with E-state index < -0.39 is 5.60 Å². The molecular formula is C26H28O4. The Morgan fingerprint density at radius 2 is 1.10 bits per heavy atom. The number of hydrogen-bond acceptors (Lipinski definition) is 4. The molecule has 0 radical (unpaired) electrons. The van der Waals surface area contributed by atoms with Crippen molar-refractivity contribution in [2.24, 2.45) is 0 Å². The van der Waals surface area contributed by atoms with Gasteiger partial charge >= 0.3 is 0 Å². The third kappa shape index (κ3) is 3.63. The molecule has 4 nitrogen and oxygen atoms in total. The van der Waals surface area contributed by atoms with Crippen molar-refractivity contribution < 1.29 is 18.9 Å². The number of methoxy groups -OCH3 is 3. The molecular weight excluding hydrogens is 376 g/mol. The zero-order valence-electron chi connectivity index (χ0n) is 17.8. The Balaban J connectivity index is 1.88. The van der Waals surface area contributed by atoms with Crippen molar-refractivity contribution in [3.63, 3.8) is 0 Å². The summed E-state index contributed by atoms with van der Waals surface area (Å²) in [5, 5.41) is 0. The van der Waals surface area contributed by atoms with Gasteiger partial charge in [0, 0.05) is 12.5 Å². The smallest absolute Gasteiger partial charge is 0.125 e. The lowest BCUT2D eigenvalue weighted by Crippen LogP contribution is -2.41. The Labute approximate surface area is 178 Å². The lowest BCUT2D eigenvalue weighted by atomic mass is 9.69. The van der Waals surface area contributed by atoms with E-state index in [1.165, 1.54) is 5.56 Å². The molecule has 0 saturated carbocycles. The van der Waals surface area contributed by atoms with Crippen molar-refractivity contribution in [2.45, 2.75) is 24.4 Å². The summed E-state index contributed by atoms with van der Waals surface area (Å²) >= 11 is 0. The van der Waals surface area contributed by atoms with Gasteiger partial charge in [0.2, 0.25) is 0 Å². The number of ether oxygens (including phenoxy) is 4. The second kappa shape index (κ2) is 8.80. The van der Waals surface area contributed by atoms with Crippen LogP contribution in [0.2, 0.25) is 0 Å². The summed E-state index contributed by atoms with van der Waals surface area (Å²) in [4.78, 5) is 0. The van der Waals surface area contributed by atoms with Gasteiger partial charge in [-0.05, 0) is 65.9 Å². The molecule has 0 spiro atoms. The maximum absolute atomic E-state index is 6.70. The van der Waals surface area contributed by atoms with Gasteiger partial charge in [-0.25, -0.2) is 0 Å². The van der Waals surface area contributed by atoms with Crippen LogP contribution in [-0.4, -0.2) is 27.9 Å². The van der Waals surface area contributed by atoms with Crippen LogP contribution < -0.4 is 14.2 Å². The Bertz CT molecular complexity index is 898. The topological polar surface area (TPSA) is 36.9 Å². The minimum atomic E-state index is -0.592. The Morgan fingerprint density at radius 1 is 0.667 bits per heavy atom. The third-order valence-electron chi connectivity index (χ3n) is 6.01. The van der Waals surface area contributed by atoms with Gasteiger partial charge in [-0.15, -0.1) is 0 Å². The fourth-order valence-corrected chi connectivity index (χ4v) is 4.48. The van der Waals surface area contributed by atoms with E-state index in [1.807, 2.05) is 36.4 Å². The van der Waals surface area contributed by atoms with Crippen LogP contribution in [0, 0.1) is 0 Å². The van der Waals surface area contributed by atoms with Crippen LogP contribution in [-0.2, 0) is 10.3 Å². The molecule has 1 fully saturated rings. The van der Waals surface area contributed by atoms with Crippen LogP contribution >= 0.6 is 0 Å². The standard InChI is InChI=1S/C26H28O4/c1-27-22-12-6-19(7-13-22)25-5-4-18-30-26(25,20-8-14-23(28-2)15-9-20)21-10-16-24(29-3)17-11-21/h6-17,25H,4-5,18H2,1-3H3/t25-/m1/s1. The molecule has 1 saturated heterocycles. The molecule has 30 heavy (non-hydrogen) atoms. The van der Waals surface area contributed by atoms with Crippen LogP contribution in [0.5, 0.6) is 17.2 Å². The molecule has 1 aliphatic heterocycles. The Kier molecular flexibility index (Phi) is 5.96. The van der Waals surface area contributed by atoms with Crippen molar-refractivity contribution in [2.75, 3.05) is 27.9 Å². The minimum Gasteiger partial charge on any atom is -0.497 e. The highest BCUT2D eigenvalue weighted by molar-refractivity contribution is 5.46. The van der Waals surface area contributed by atoms with Gasteiger partial charge in [0.15, 0.2) is 0 Å². The maximum Gasteiger partial charge on any atom is 0.125 e. The van der Waals surface area contributed by atoms with Crippen molar-refractivity contribution in [3.05, 3.63) is 89.5 Å². The van der Waals surface area contributed by atoms with Gasteiger partial charge < -0.3 is 18.9 Å². The first-order valence-electron chi connectivity index (χ1n) is 10.3. The molecule has 1 aliphatic rings.